The summed E-state index contributed by atoms with van der Waals surface area (Å²) in [6, 6.07) is 7.46. The van der Waals surface area contributed by atoms with E-state index in [2.05, 4.69) is 15.9 Å². The summed E-state index contributed by atoms with van der Waals surface area (Å²) in [7, 11) is 0. The molecule has 5 heteroatoms. The summed E-state index contributed by atoms with van der Waals surface area (Å²) in [4.78, 5) is 0.356. The standard InChI is InChI=1S/C8H4BrF2NS/c9-6-3-1-2-4-7(6)13-8(10,11)5-12/h1-4H. The highest BCUT2D eigenvalue weighted by Crippen LogP contribution is 2.38. The maximum Gasteiger partial charge on any atom is 0.384 e. The van der Waals surface area contributed by atoms with Gasteiger partial charge in [0.1, 0.15) is 0 Å². The number of halogens is 3. The van der Waals surface area contributed by atoms with Crippen molar-refractivity contribution in [3.8, 4) is 6.07 Å². The number of hydrogen-bond acceptors (Lipinski definition) is 2. The molecule has 0 atom stereocenters. The van der Waals surface area contributed by atoms with Gasteiger partial charge in [-0.2, -0.15) is 14.0 Å². The monoisotopic (exact) mass is 263 g/mol. The molecule has 1 rings (SSSR count). The van der Waals surface area contributed by atoms with Crippen LogP contribution >= 0.6 is 27.7 Å². The van der Waals surface area contributed by atoms with Crippen molar-refractivity contribution in [2.45, 2.75) is 10.2 Å². The van der Waals surface area contributed by atoms with E-state index < -0.39 is 5.25 Å². The molecule has 1 nitrogen and oxygen atoms in total. The summed E-state index contributed by atoms with van der Waals surface area (Å²) in [6.07, 6.45) is 0. The second kappa shape index (κ2) is 4.07. The van der Waals surface area contributed by atoms with Gasteiger partial charge in [0.05, 0.1) is 0 Å². The molecule has 0 N–H and O–H groups in total. The first-order valence-electron chi connectivity index (χ1n) is 3.28. The summed E-state index contributed by atoms with van der Waals surface area (Å²) in [5.41, 5.74) is 0. The molecule has 0 aromatic heterocycles. The van der Waals surface area contributed by atoms with Crippen LogP contribution in [0.2, 0.25) is 0 Å². The van der Waals surface area contributed by atoms with Crippen molar-refractivity contribution in [2.75, 3.05) is 0 Å². The molecule has 0 saturated carbocycles. The molecule has 1 aromatic rings. The van der Waals surface area contributed by atoms with Crippen LogP contribution in [0.1, 0.15) is 0 Å². The first-order valence-corrected chi connectivity index (χ1v) is 4.89. The lowest BCUT2D eigenvalue weighted by molar-refractivity contribution is 0.171. The molecule has 0 unspecified atom stereocenters. The third kappa shape index (κ3) is 2.98. The molecule has 0 amide bonds. The highest BCUT2D eigenvalue weighted by molar-refractivity contribution is 9.10. The Bertz CT molecular complexity index is 348. The fourth-order valence-corrected chi connectivity index (χ4v) is 1.85. The summed E-state index contributed by atoms with van der Waals surface area (Å²) >= 11 is 3.35. The zero-order valence-corrected chi connectivity index (χ0v) is 8.70. The fraction of sp³-hybridized carbons (Fsp3) is 0.125. The van der Waals surface area contributed by atoms with Crippen LogP contribution in [0.4, 0.5) is 8.78 Å². The van der Waals surface area contributed by atoms with Crippen molar-refractivity contribution in [3.05, 3.63) is 28.7 Å². The quantitative estimate of drug-likeness (QED) is 0.761. The zero-order valence-electron chi connectivity index (χ0n) is 6.30. The number of alkyl halides is 2. The van der Waals surface area contributed by atoms with Gasteiger partial charge < -0.3 is 0 Å². The Labute approximate surface area is 86.9 Å². The van der Waals surface area contributed by atoms with Gasteiger partial charge >= 0.3 is 5.25 Å². The molecule has 1 aromatic carbocycles. The highest BCUT2D eigenvalue weighted by atomic mass is 79.9. The van der Waals surface area contributed by atoms with E-state index in [1.54, 1.807) is 18.2 Å². The van der Waals surface area contributed by atoms with Crippen molar-refractivity contribution in [1.82, 2.24) is 0 Å². The summed E-state index contributed by atoms with van der Waals surface area (Å²) in [5.74, 6) is 0. The first kappa shape index (κ1) is 10.5. The van der Waals surface area contributed by atoms with Crippen molar-refractivity contribution >= 4 is 27.7 Å². The number of hydrogen-bond donors (Lipinski definition) is 0. The van der Waals surface area contributed by atoms with E-state index in [-0.39, 0.29) is 11.8 Å². The minimum atomic E-state index is -3.37. The van der Waals surface area contributed by atoms with E-state index in [1.165, 1.54) is 6.07 Å². The predicted molar refractivity (Wildman–Crippen MR) is 50.6 cm³/mol. The zero-order chi connectivity index (χ0) is 9.90. The molecular formula is C8H4BrF2NS. The minimum absolute atomic E-state index is 0.231. The topological polar surface area (TPSA) is 23.8 Å². The molecule has 13 heavy (non-hydrogen) atoms. The minimum Gasteiger partial charge on any atom is -0.191 e. The van der Waals surface area contributed by atoms with Crippen LogP contribution in [-0.2, 0) is 0 Å². The third-order valence-electron chi connectivity index (χ3n) is 1.20. The normalized spacial score (nSPS) is 10.9. The van der Waals surface area contributed by atoms with E-state index in [1.807, 2.05) is 0 Å². The van der Waals surface area contributed by atoms with E-state index in [4.69, 9.17) is 5.26 Å². The van der Waals surface area contributed by atoms with Gasteiger partial charge in [0, 0.05) is 9.37 Å². The molecule has 68 valence electrons. The van der Waals surface area contributed by atoms with Gasteiger partial charge in [0.2, 0.25) is 0 Å². The molecule has 0 aliphatic heterocycles. The van der Waals surface area contributed by atoms with Gasteiger partial charge in [-0.05, 0) is 39.8 Å². The van der Waals surface area contributed by atoms with Crippen LogP contribution in [0.25, 0.3) is 0 Å². The van der Waals surface area contributed by atoms with Crippen LogP contribution in [0.3, 0.4) is 0 Å². The van der Waals surface area contributed by atoms with Crippen molar-refractivity contribution in [3.63, 3.8) is 0 Å². The Kier molecular flexibility index (Phi) is 3.28. The average Bonchev–Trinajstić information content (AvgIpc) is 2.09. The fourth-order valence-electron chi connectivity index (χ4n) is 0.688. The lowest BCUT2D eigenvalue weighted by atomic mass is 10.4. The molecular weight excluding hydrogens is 260 g/mol. The van der Waals surface area contributed by atoms with Crippen molar-refractivity contribution in [1.29, 1.82) is 5.26 Å². The first-order chi connectivity index (χ1) is 6.05. The average molecular weight is 264 g/mol. The lowest BCUT2D eigenvalue weighted by Crippen LogP contribution is -2.05. The predicted octanol–water partition coefficient (Wildman–Crippen LogP) is 3.66. The Morgan fingerprint density at radius 2 is 2.00 bits per heavy atom. The Balaban J connectivity index is 2.88. The molecule has 0 fully saturated rings. The number of rotatable bonds is 2. The summed E-state index contributed by atoms with van der Waals surface area (Å²) < 4.78 is 25.8. The van der Waals surface area contributed by atoms with Gasteiger partial charge in [-0.1, -0.05) is 12.1 Å². The van der Waals surface area contributed by atoms with E-state index >= 15 is 0 Å². The van der Waals surface area contributed by atoms with Crippen molar-refractivity contribution in [2.24, 2.45) is 0 Å². The lowest BCUT2D eigenvalue weighted by Gasteiger charge is -2.07. The summed E-state index contributed by atoms with van der Waals surface area (Å²) in [6.45, 7) is 0. The van der Waals surface area contributed by atoms with Crippen LogP contribution in [0.5, 0.6) is 0 Å². The van der Waals surface area contributed by atoms with Gasteiger partial charge in [-0.3, -0.25) is 0 Å². The number of thioether (sulfide) groups is 1. The number of nitrogens with zero attached hydrogens (tertiary/aromatic N) is 1. The molecule has 0 heterocycles. The van der Waals surface area contributed by atoms with Gasteiger partial charge in [-0.25, -0.2) is 0 Å². The molecule has 0 aliphatic rings. The van der Waals surface area contributed by atoms with Gasteiger partial charge in [-0.15, -0.1) is 0 Å². The molecule has 0 saturated heterocycles. The SMILES string of the molecule is N#CC(F)(F)Sc1ccccc1Br. The van der Waals surface area contributed by atoms with Crippen LogP contribution in [-0.4, -0.2) is 5.25 Å². The van der Waals surface area contributed by atoms with E-state index in [0.717, 1.165) is 6.07 Å². The smallest absolute Gasteiger partial charge is 0.191 e. The maximum atomic E-state index is 12.6. The second-order valence-corrected chi connectivity index (χ2v) is 4.17. The molecule has 0 aliphatic carbocycles. The van der Waals surface area contributed by atoms with Crippen LogP contribution in [0, 0.1) is 11.3 Å². The second-order valence-electron chi connectivity index (χ2n) is 2.16. The Morgan fingerprint density at radius 1 is 1.38 bits per heavy atom. The van der Waals surface area contributed by atoms with Crippen molar-refractivity contribution < 1.29 is 8.78 Å². The summed E-state index contributed by atoms with van der Waals surface area (Å²) in [5, 5.41) is 4.74. The third-order valence-corrected chi connectivity index (χ3v) is 3.08. The van der Waals surface area contributed by atoms with Crippen LogP contribution in [0.15, 0.2) is 33.6 Å². The van der Waals surface area contributed by atoms with Gasteiger partial charge in [0.25, 0.3) is 0 Å². The van der Waals surface area contributed by atoms with E-state index in [9.17, 15) is 8.78 Å². The number of nitriles is 1. The Hall–Kier alpha value is -0.600. The van der Waals surface area contributed by atoms with E-state index in [0.29, 0.717) is 9.37 Å². The van der Waals surface area contributed by atoms with Gasteiger partial charge in [0.15, 0.2) is 6.07 Å². The molecule has 0 radical (unpaired) electrons. The molecule has 0 spiro atoms. The Morgan fingerprint density at radius 3 is 2.54 bits per heavy atom. The highest BCUT2D eigenvalue weighted by Gasteiger charge is 2.30. The molecule has 0 bridgehead atoms. The number of benzene rings is 1. The largest absolute Gasteiger partial charge is 0.384 e. The van der Waals surface area contributed by atoms with Crippen LogP contribution < -0.4 is 0 Å². The maximum absolute atomic E-state index is 12.6.